The zero-order valence-electron chi connectivity index (χ0n) is 17.4. The van der Waals surface area contributed by atoms with Crippen molar-refractivity contribution >= 4 is 40.1 Å². The Labute approximate surface area is 196 Å². The van der Waals surface area contributed by atoms with Crippen molar-refractivity contribution in [1.29, 1.82) is 0 Å². The second kappa shape index (κ2) is 7.97. The summed E-state index contributed by atoms with van der Waals surface area (Å²) in [6, 6.07) is 20.0. The molecule has 2 heterocycles. The van der Waals surface area contributed by atoms with E-state index in [-0.39, 0.29) is 12.1 Å². The predicted octanol–water partition coefficient (Wildman–Crippen LogP) is 7.09. The fraction of sp³-hybridized carbons (Fsp3) is 0.120. The van der Waals surface area contributed by atoms with E-state index < -0.39 is 11.7 Å². The molecule has 0 unspecified atom stereocenters. The monoisotopic (exact) mass is 482 g/mol. The molecule has 5 aromatic rings. The molecule has 0 amide bonds. The maximum absolute atomic E-state index is 13.6. The number of para-hydroxylation sites is 1. The quantitative estimate of drug-likeness (QED) is 0.257. The number of hydrogen-bond acceptors (Lipinski definition) is 3. The molecule has 0 spiro atoms. The Balaban J connectivity index is 1.86. The van der Waals surface area contributed by atoms with Gasteiger partial charge in [0.1, 0.15) is 5.65 Å². The van der Waals surface area contributed by atoms with Crippen molar-refractivity contribution < 1.29 is 13.2 Å². The minimum Gasteiger partial charge on any atom is -0.288 e. The normalized spacial score (nSPS) is 12.0. The summed E-state index contributed by atoms with van der Waals surface area (Å²) in [5, 5.41) is 0.460. The highest BCUT2D eigenvalue weighted by Gasteiger charge is 2.30. The van der Waals surface area contributed by atoms with Crippen molar-refractivity contribution in [1.82, 2.24) is 8.97 Å². The highest BCUT2D eigenvalue weighted by atomic mass is 32.1. The summed E-state index contributed by atoms with van der Waals surface area (Å²) < 4.78 is 43.8. The van der Waals surface area contributed by atoms with Crippen molar-refractivity contribution in [2.45, 2.75) is 19.6 Å². The van der Waals surface area contributed by atoms with Crippen LogP contribution in [-0.4, -0.2) is 8.97 Å². The number of benzene rings is 3. The van der Waals surface area contributed by atoms with E-state index in [1.807, 2.05) is 47.7 Å². The third kappa shape index (κ3) is 3.69. The van der Waals surface area contributed by atoms with Crippen molar-refractivity contribution in [3.63, 3.8) is 0 Å². The molecule has 0 radical (unpaired) electrons. The van der Waals surface area contributed by atoms with Gasteiger partial charge in [0.25, 0.3) is 5.56 Å². The molecule has 0 aliphatic heterocycles. The molecule has 0 saturated carbocycles. The fourth-order valence-electron chi connectivity index (χ4n) is 4.09. The summed E-state index contributed by atoms with van der Waals surface area (Å²) in [7, 11) is 0. The number of hydrogen-bond donors (Lipinski definition) is 0. The number of rotatable bonds is 3. The first kappa shape index (κ1) is 21.6. The maximum Gasteiger partial charge on any atom is 0.416 e. The fourth-order valence-corrected chi connectivity index (χ4v) is 5.61. The van der Waals surface area contributed by atoms with E-state index >= 15 is 0 Å². The Morgan fingerprint density at radius 3 is 2.45 bits per heavy atom. The zero-order valence-corrected chi connectivity index (χ0v) is 19.0. The molecule has 0 saturated heterocycles. The van der Waals surface area contributed by atoms with E-state index in [0.717, 1.165) is 28.1 Å². The highest BCUT2D eigenvalue weighted by Crippen LogP contribution is 2.35. The number of aromatic nitrogens is 2. The molecule has 0 atom stereocenters. The summed E-state index contributed by atoms with van der Waals surface area (Å²) in [6.45, 7) is 1.96. The predicted molar refractivity (Wildman–Crippen MR) is 129 cm³/mol. The van der Waals surface area contributed by atoms with Gasteiger partial charge < -0.3 is 0 Å². The van der Waals surface area contributed by atoms with Gasteiger partial charge >= 0.3 is 6.18 Å². The summed E-state index contributed by atoms with van der Waals surface area (Å²) in [4.78, 5) is 14.4. The van der Waals surface area contributed by atoms with Crippen LogP contribution >= 0.6 is 23.6 Å². The lowest BCUT2D eigenvalue weighted by atomic mass is 10.1. The molecule has 33 heavy (non-hydrogen) atoms. The van der Waals surface area contributed by atoms with Gasteiger partial charge in [-0.15, -0.1) is 11.3 Å². The van der Waals surface area contributed by atoms with Crippen molar-refractivity contribution in [2.75, 3.05) is 0 Å². The van der Waals surface area contributed by atoms with E-state index in [2.05, 4.69) is 0 Å². The molecule has 0 fully saturated rings. The number of halogens is 3. The minimum atomic E-state index is -4.46. The van der Waals surface area contributed by atoms with Gasteiger partial charge in [0, 0.05) is 0 Å². The van der Waals surface area contributed by atoms with Gasteiger partial charge in [-0.25, -0.2) is 0 Å². The first-order valence-electron chi connectivity index (χ1n) is 10.1. The molecular formula is C25H17F3N2OS2. The number of fused-ring (bicyclic) bond motifs is 3. The van der Waals surface area contributed by atoms with Crippen LogP contribution in [-0.2, 0) is 12.7 Å². The largest absolute Gasteiger partial charge is 0.416 e. The van der Waals surface area contributed by atoms with Gasteiger partial charge in [-0.05, 0) is 60.1 Å². The van der Waals surface area contributed by atoms with Crippen LogP contribution in [0.4, 0.5) is 13.2 Å². The Morgan fingerprint density at radius 2 is 1.70 bits per heavy atom. The second-order valence-corrected chi connectivity index (χ2v) is 9.42. The summed E-state index contributed by atoms with van der Waals surface area (Å²) >= 11 is 7.09. The molecule has 2 aromatic heterocycles. The van der Waals surface area contributed by atoms with E-state index in [4.69, 9.17) is 12.2 Å². The van der Waals surface area contributed by atoms with Gasteiger partial charge in [-0.3, -0.25) is 13.8 Å². The summed E-state index contributed by atoms with van der Waals surface area (Å²) in [5.41, 5.74) is 2.58. The standard InChI is InChI=1S/C25H17F3N2OS2/c1-15-7-2-3-10-18(15)21-22-29(14-16-8-6-9-17(13-16)25(26,27)28)23(31)19-11-4-5-12-20(19)30(22)24(32)33-21/h2-13H,14H2,1H3. The Kier molecular flexibility index (Phi) is 5.22. The van der Waals surface area contributed by atoms with Crippen LogP contribution in [0.15, 0.2) is 77.6 Å². The number of aryl methyl sites for hydroxylation is 1. The Bertz CT molecular complexity index is 1640. The van der Waals surface area contributed by atoms with E-state index in [1.165, 1.54) is 22.0 Å². The molecule has 5 rings (SSSR count). The van der Waals surface area contributed by atoms with Crippen LogP contribution in [0.2, 0.25) is 0 Å². The highest BCUT2D eigenvalue weighted by molar-refractivity contribution is 7.73. The topological polar surface area (TPSA) is 26.4 Å². The minimum absolute atomic E-state index is 0.0124. The van der Waals surface area contributed by atoms with Gasteiger partial charge in [-0.2, -0.15) is 13.2 Å². The number of thiazole rings is 1. The smallest absolute Gasteiger partial charge is 0.288 e. The molecule has 3 nitrogen and oxygen atoms in total. The third-order valence-corrected chi connectivity index (χ3v) is 7.04. The number of alkyl halides is 3. The lowest BCUT2D eigenvalue weighted by Crippen LogP contribution is -2.24. The molecule has 0 aliphatic carbocycles. The first-order valence-corrected chi connectivity index (χ1v) is 11.4. The van der Waals surface area contributed by atoms with E-state index in [9.17, 15) is 18.0 Å². The Morgan fingerprint density at radius 1 is 0.970 bits per heavy atom. The molecular weight excluding hydrogens is 465 g/mol. The Hall–Kier alpha value is -3.23. The van der Waals surface area contributed by atoms with Crippen LogP contribution in [0.25, 0.3) is 27.0 Å². The molecule has 0 N–H and O–H groups in total. The average molecular weight is 483 g/mol. The first-order chi connectivity index (χ1) is 15.8. The molecule has 3 aromatic carbocycles. The van der Waals surface area contributed by atoms with Crippen LogP contribution in [0.3, 0.4) is 0 Å². The summed E-state index contributed by atoms with van der Waals surface area (Å²) in [6.07, 6.45) is -4.46. The SMILES string of the molecule is Cc1ccccc1-c1sc(=S)n2c3ccccc3c(=O)n(Cc3cccc(C(F)(F)F)c3)c12. The molecule has 8 heteroatoms. The van der Waals surface area contributed by atoms with Gasteiger partial charge in [-0.1, -0.05) is 48.5 Å². The van der Waals surface area contributed by atoms with Crippen LogP contribution < -0.4 is 5.56 Å². The average Bonchev–Trinajstić information content (AvgIpc) is 3.13. The van der Waals surface area contributed by atoms with Crippen LogP contribution in [0.1, 0.15) is 16.7 Å². The third-order valence-electron chi connectivity index (χ3n) is 5.65. The zero-order chi connectivity index (χ0) is 23.3. The molecule has 166 valence electrons. The van der Waals surface area contributed by atoms with E-state index in [1.54, 1.807) is 18.2 Å². The van der Waals surface area contributed by atoms with Gasteiger partial charge in [0.15, 0.2) is 3.95 Å². The molecule has 0 bridgehead atoms. The summed E-state index contributed by atoms with van der Waals surface area (Å²) in [5.74, 6) is 0. The lowest BCUT2D eigenvalue weighted by Gasteiger charge is -2.15. The maximum atomic E-state index is 13.6. The number of nitrogens with zero attached hydrogens (tertiary/aromatic N) is 2. The lowest BCUT2D eigenvalue weighted by molar-refractivity contribution is -0.137. The second-order valence-electron chi connectivity index (χ2n) is 7.78. The van der Waals surface area contributed by atoms with Crippen molar-refractivity contribution in [2.24, 2.45) is 0 Å². The van der Waals surface area contributed by atoms with Crippen molar-refractivity contribution in [3.05, 3.63) is 104 Å². The van der Waals surface area contributed by atoms with Crippen LogP contribution in [0.5, 0.6) is 0 Å². The molecule has 0 aliphatic rings. The van der Waals surface area contributed by atoms with Crippen molar-refractivity contribution in [3.8, 4) is 10.4 Å². The van der Waals surface area contributed by atoms with E-state index in [0.29, 0.717) is 26.1 Å². The van der Waals surface area contributed by atoms with Crippen LogP contribution in [0, 0.1) is 10.9 Å². The van der Waals surface area contributed by atoms with Gasteiger partial charge in [0.2, 0.25) is 0 Å². The van der Waals surface area contributed by atoms with Gasteiger partial charge in [0.05, 0.1) is 27.9 Å².